The van der Waals surface area contributed by atoms with Crippen LogP contribution in [0.4, 0.5) is 5.69 Å². The van der Waals surface area contributed by atoms with E-state index in [2.05, 4.69) is 42.3 Å². The van der Waals surface area contributed by atoms with Gasteiger partial charge >= 0.3 is 0 Å². The summed E-state index contributed by atoms with van der Waals surface area (Å²) < 4.78 is 1.30. The van der Waals surface area contributed by atoms with Gasteiger partial charge in [0, 0.05) is 11.7 Å². The highest BCUT2D eigenvalue weighted by molar-refractivity contribution is 7.18. The third kappa shape index (κ3) is 2.76. The van der Waals surface area contributed by atoms with Crippen molar-refractivity contribution in [1.29, 1.82) is 0 Å². The van der Waals surface area contributed by atoms with Gasteiger partial charge in [-0.25, -0.2) is 4.98 Å². The summed E-state index contributed by atoms with van der Waals surface area (Å²) in [5, 5.41) is 4.91. The van der Waals surface area contributed by atoms with E-state index < -0.39 is 0 Å². The maximum absolute atomic E-state index is 4.52. The zero-order valence-electron chi connectivity index (χ0n) is 11.8. The lowest BCUT2D eigenvalue weighted by atomic mass is 9.83. The molecule has 0 amide bonds. The number of aromatic nitrogens is 1. The molecule has 2 aromatic rings. The molecule has 1 aromatic heterocycles. The summed E-state index contributed by atoms with van der Waals surface area (Å²) in [4.78, 5) is 4.52. The van der Waals surface area contributed by atoms with Crippen molar-refractivity contribution in [3.8, 4) is 0 Å². The number of aryl methyl sites for hydroxylation is 1. The average Bonchev–Trinajstić information content (AvgIpc) is 2.79. The lowest BCUT2D eigenvalue weighted by Gasteiger charge is -2.32. The molecule has 1 saturated carbocycles. The number of thiazole rings is 1. The topological polar surface area (TPSA) is 24.9 Å². The van der Waals surface area contributed by atoms with Crippen molar-refractivity contribution in [3.05, 3.63) is 23.2 Å². The first-order valence-electron chi connectivity index (χ1n) is 7.40. The Morgan fingerprint density at radius 3 is 3.00 bits per heavy atom. The Hall–Kier alpha value is -1.09. The smallest absolute Gasteiger partial charge is 0.0907 e. The molecule has 1 heterocycles. The van der Waals surface area contributed by atoms with Crippen LogP contribution in [0.3, 0.4) is 0 Å². The second-order valence-electron chi connectivity index (χ2n) is 5.62. The molecule has 2 unspecified atom stereocenters. The number of nitrogens with zero attached hydrogens (tertiary/aromatic N) is 1. The molecule has 3 rings (SSSR count). The third-order valence-corrected chi connectivity index (χ3v) is 5.21. The van der Waals surface area contributed by atoms with E-state index in [9.17, 15) is 0 Å². The fourth-order valence-electron chi connectivity index (χ4n) is 3.23. The van der Waals surface area contributed by atoms with E-state index in [0.717, 1.165) is 16.4 Å². The maximum atomic E-state index is 4.52. The van der Waals surface area contributed by atoms with Crippen molar-refractivity contribution in [2.45, 2.75) is 52.0 Å². The van der Waals surface area contributed by atoms with Crippen LogP contribution in [0.5, 0.6) is 0 Å². The van der Waals surface area contributed by atoms with Crippen molar-refractivity contribution in [2.24, 2.45) is 5.92 Å². The molecular formula is C16H22N2S. The Morgan fingerprint density at radius 2 is 2.16 bits per heavy atom. The van der Waals surface area contributed by atoms with Gasteiger partial charge in [-0.15, -0.1) is 11.3 Å². The van der Waals surface area contributed by atoms with Crippen LogP contribution < -0.4 is 5.32 Å². The molecule has 1 fully saturated rings. The zero-order valence-corrected chi connectivity index (χ0v) is 12.6. The normalized spacial score (nSPS) is 23.7. The molecule has 1 aliphatic carbocycles. The molecule has 3 heteroatoms. The standard InChI is InChI=1S/C16H22N2S/c1-3-12-6-4-5-7-14(12)18-13-8-9-15-16(10-13)19-11(2)17-15/h8-10,12,14,18H,3-7H2,1-2H3. The fourth-order valence-corrected chi connectivity index (χ4v) is 4.10. The van der Waals surface area contributed by atoms with Gasteiger partial charge in [0.1, 0.15) is 0 Å². The number of hydrogen-bond acceptors (Lipinski definition) is 3. The molecule has 2 atom stereocenters. The number of hydrogen-bond donors (Lipinski definition) is 1. The van der Waals surface area contributed by atoms with Crippen molar-refractivity contribution in [2.75, 3.05) is 5.32 Å². The van der Waals surface area contributed by atoms with E-state index in [0.29, 0.717) is 6.04 Å². The molecule has 1 aliphatic rings. The molecule has 0 spiro atoms. The number of fused-ring (bicyclic) bond motifs is 1. The fraction of sp³-hybridized carbons (Fsp3) is 0.562. The van der Waals surface area contributed by atoms with Gasteiger partial charge < -0.3 is 5.32 Å². The summed E-state index contributed by atoms with van der Waals surface area (Å²) >= 11 is 1.78. The van der Waals surface area contributed by atoms with Crippen LogP contribution in [0.2, 0.25) is 0 Å². The van der Waals surface area contributed by atoms with Crippen LogP contribution in [0, 0.1) is 12.8 Å². The van der Waals surface area contributed by atoms with E-state index in [1.165, 1.54) is 42.5 Å². The third-order valence-electron chi connectivity index (χ3n) is 4.28. The van der Waals surface area contributed by atoms with Gasteiger partial charge in [-0.3, -0.25) is 0 Å². The molecular weight excluding hydrogens is 252 g/mol. The van der Waals surface area contributed by atoms with E-state index in [1.807, 2.05) is 0 Å². The zero-order chi connectivity index (χ0) is 13.2. The number of benzene rings is 1. The lowest BCUT2D eigenvalue weighted by molar-refractivity contribution is 0.317. The van der Waals surface area contributed by atoms with Crippen LogP contribution in [0.1, 0.15) is 44.0 Å². The quantitative estimate of drug-likeness (QED) is 0.853. The van der Waals surface area contributed by atoms with Crippen LogP contribution in [-0.2, 0) is 0 Å². The molecule has 0 radical (unpaired) electrons. The molecule has 102 valence electrons. The van der Waals surface area contributed by atoms with Crippen molar-refractivity contribution in [3.63, 3.8) is 0 Å². The van der Waals surface area contributed by atoms with E-state index in [-0.39, 0.29) is 0 Å². The van der Waals surface area contributed by atoms with Gasteiger partial charge in [-0.1, -0.05) is 26.2 Å². The van der Waals surface area contributed by atoms with Gasteiger partial charge in [0.05, 0.1) is 15.2 Å². The Balaban J connectivity index is 1.79. The average molecular weight is 274 g/mol. The molecule has 1 aromatic carbocycles. The van der Waals surface area contributed by atoms with Gasteiger partial charge in [0.25, 0.3) is 0 Å². The van der Waals surface area contributed by atoms with Crippen molar-refractivity contribution >= 4 is 27.2 Å². The monoisotopic (exact) mass is 274 g/mol. The first-order valence-corrected chi connectivity index (χ1v) is 8.21. The molecule has 0 saturated heterocycles. The molecule has 0 bridgehead atoms. The summed E-state index contributed by atoms with van der Waals surface area (Å²) in [6.45, 7) is 4.40. The highest BCUT2D eigenvalue weighted by Crippen LogP contribution is 2.31. The molecule has 1 N–H and O–H groups in total. The SMILES string of the molecule is CCC1CCCCC1Nc1ccc2nc(C)sc2c1. The predicted molar refractivity (Wildman–Crippen MR) is 84.0 cm³/mol. The summed E-state index contributed by atoms with van der Waals surface area (Å²) in [6, 6.07) is 7.25. The minimum atomic E-state index is 0.658. The van der Waals surface area contributed by atoms with E-state index >= 15 is 0 Å². The van der Waals surface area contributed by atoms with Gasteiger partial charge in [-0.2, -0.15) is 0 Å². The first-order chi connectivity index (χ1) is 9.26. The Kier molecular flexibility index (Phi) is 3.74. The van der Waals surface area contributed by atoms with Crippen LogP contribution in [0.25, 0.3) is 10.2 Å². The largest absolute Gasteiger partial charge is 0.382 e. The number of rotatable bonds is 3. The second kappa shape index (κ2) is 5.49. The van der Waals surface area contributed by atoms with Gasteiger partial charge in [-0.05, 0) is 43.9 Å². The second-order valence-corrected chi connectivity index (χ2v) is 6.85. The summed E-state index contributed by atoms with van der Waals surface area (Å²) in [6.07, 6.45) is 6.77. The highest BCUT2D eigenvalue weighted by Gasteiger charge is 2.23. The maximum Gasteiger partial charge on any atom is 0.0907 e. The summed E-state index contributed by atoms with van der Waals surface area (Å²) in [5.41, 5.74) is 2.39. The van der Waals surface area contributed by atoms with Gasteiger partial charge in [0.2, 0.25) is 0 Å². The van der Waals surface area contributed by atoms with Crippen LogP contribution in [0.15, 0.2) is 18.2 Å². The van der Waals surface area contributed by atoms with Crippen molar-refractivity contribution in [1.82, 2.24) is 4.98 Å². The van der Waals surface area contributed by atoms with Gasteiger partial charge in [0.15, 0.2) is 0 Å². The molecule has 19 heavy (non-hydrogen) atoms. The number of nitrogens with one attached hydrogen (secondary N) is 1. The Labute approximate surface area is 119 Å². The van der Waals surface area contributed by atoms with E-state index in [4.69, 9.17) is 0 Å². The Bertz CT molecular complexity index is 561. The van der Waals surface area contributed by atoms with Crippen LogP contribution >= 0.6 is 11.3 Å². The Morgan fingerprint density at radius 1 is 1.32 bits per heavy atom. The van der Waals surface area contributed by atoms with Crippen LogP contribution in [-0.4, -0.2) is 11.0 Å². The highest BCUT2D eigenvalue weighted by atomic mass is 32.1. The molecule has 0 aliphatic heterocycles. The lowest BCUT2D eigenvalue weighted by Crippen LogP contribution is -2.31. The number of anilines is 1. The molecule has 2 nitrogen and oxygen atoms in total. The summed E-state index contributed by atoms with van der Waals surface area (Å²) in [5.74, 6) is 0.840. The predicted octanol–water partition coefficient (Wildman–Crippen LogP) is 4.99. The summed E-state index contributed by atoms with van der Waals surface area (Å²) in [7, 11) is 0. The van der Waals surface area contributed by atoms with E-state index in [1.54, 1.807) is 11.3 Å². The minimum absolute atomic E-state index is 0.658. The minimum Gasteiger partial charge on any atom is -0.382 e. The first kappa shape index (κ1) is 12.9. The van der Waals surface area contributed by atoms with Crippen molar-refractivity contribution < 1.29 is 0 Å².